The first-order valence-electron chi connectivity index (χ1n) is 6.25. The van der Waals surface area contributed by atoms with Gasteiger partial charge in [-0.25, -0.2) is 9.37 Å². The zero-order valence-electron chi connectivity index (χ0n) is 10.2. The van der Waals surface area contributed by atoms with Crippen molar-refractivity contribution in [3.8, 4) is 11.3 Å². The monoisotopic (exact) mass is 276 g/mol. The molecule has 0 aliphatic heterocycles. The number of nitrogens with zero attached hydrogens (tertiary/aromatic N) is 1. The highest BCUT2D eigenvalue weighted by Gasteiger charge is 2.25. The van der Waals surface area contributed by atoms with Crippen LogP contribution in [0.25, 0.3) is 11.3 Å². The van der Waals surface area contributed by atoms with Gasteiger partial charge in [-0.15, -0.1) is 11.3 Å². The lowest BCUT2D eigenvalue weighted by molar-refractivity contribution is -0.122. The number of anilines is 1. The molecule has 1 aliphatic carbocycles. The molecule has 3 nitrogen and oxygen atoms in total. The number of hydrogen-bond acceptors (Lipinski definition) is 3. The van der Waals surface area contributed by atoms with Gasteiger partial charge in [0.15, 0.2) is 5.13 Å². The maximum atomic E-state index is 12.8. The van der Waals surface area contributed by atoms with Gasteiger partial charge in [-0.3, -0.25) is 4.79 Å². The third-order valence-electron chi connectivity index (χ3n) is 3.35. The first-order valence-corrected chi connectivity index (χ1v) is 7.13. The average molecular weight is 276 g/mol. The summed E-state index contributed by atoms with van der Waals surface area (Å²) in [6, 6.07) is 6.17. The lowest BCUT2D eigenvalue weighted by Gasteiger charge is -2.23. The topological polar surface area (TPSA) is 42.0 Å². The van der Waals surface area contributed by atoms with Crippen LogP contribution < -0.4 is 5.32 Å². The Kier molecular flexibility index (Phi) is 3.29. The van der Waals surface area contributed by atoms with Gasteiger partial charge in [0, 0.05) is 16.9 Å². The summed E-state index contributed by atoms with van der Waals surface area (Å²) in [4.78, 5) is 16.1. The molecule has 0 spiro atoms. The van der Waals surface area contributed by atoms with Crippen LogP contribution in [0.15, 0.2) is 29.6 Å². The van der Waals surface area contributed by atoms with Crippen LogP contribution >= 0.6 is 11.3 Å². The molecular formula is C14H13FN2OS. The fourth-order valence-corrected chi connectivity index (χ4v) is 2.68. The van der Waals surface area contributed by atoms with Crippen molar-refractivity contribution in [1.29, 1.82) is 0 Å². The highest BCUT2D eigenvalue weighted by Crippen LogP contribution is 2.29. The number of carbonyl (C=O) groups is 1. The Morgan fingerprint density at radius 3 is 2.68 bits per heavy atom. The van der Waals surface area contributed by atoms with E-state index in [-0.39, 0.29) is 17.6 Å². The van der Waals surface area contributed by atoms with Crippen LogP contribution in [0.2, 0.25) is 0 Å². The van der Waals surface area contributed by atoms with E-state index in [9.17, 15) is 9.18 Å². The molecule has 1 N–H and O–H groups in total. The van der Waals surface area contributed by atoms with Crippen molar-refractivity contribution in [3.63, 3.8) is 0 Å². The van der Waals surface area contributed by atoms with Crippen LogP contribution in [0.3, 0.4) is 0 Å². The van der Waals surface area contributed by atoms with E-state index in [0.29, 0.717) is 5.13 Å². The van der Waals surface area contributed by atoms with E-state index in [0.717, 1.165) is 30.5 Å². The predicted molar refractivity (Wildman–Crippen MR) is 73.5 cm³/mol. The molecule has 0 atom stereocenters. The number of halogens is 1. The second-order valence-electron chi connectivity index (χ2n) is 4.66. The number of thiazole rings is 1. The summed E-state index contributed by atoms with van der Waals surface area (Å²) in [6.45, 7) is 0. The van der Waals surface area contributed by atoms with Crippen molar-refractivity contribution in [2.45, 2.75) is 19.3 Å². The SMILES string of the molecule is O=C(Nc1nc(-c2ccc(F)cc2)cs1)C1CCC1. The maximum Gasteiger partial charge on any atom is 0.229 e. The van der Waals surface area contributed by atoms with Crippen LogP contribution in [0.1, 0.15) is 19.3 Å². The zero-order chi connectivity index (χ0) is 13.2. The Bertz CT molecular complexity index is 590. The van der Waals surface area contributed by atoms with Gasteiger partial charge in [0.05, 0.1) is 5.69 Å². The number of aromatic nitrogens is 1. The number of amides is 1. The van der Waals surface area contributed by atoms with E-state index in [4.69, 9.17) is 0 Å². The fourth-order valence-electron chi connectivity index (χ4n) is 1.96. The van der Waals surface area contributed by atoms with Crippen LogP contribution in [-0.2, 0) is 4.79 Å². The largest absolute Gasteiger partial charge is 0.302 e. The third kappa shape index (κ3) is 2.66. The molecule has 1 heterocycles. The number of carbonyl (C=O) groups excluding carboxylic acids is 1. The molecule has 1 aliphatic rings. The minimum atomic E-state index is -0.266. The van der Waals surface area contributed by atoms with Crippen molar-refractivity contribution in [1.82, 2.24) is 4.98 Å². The quantitative estimate of drug-likeness (QED) is 0.929. The Labute approximate surface area is 114 Å². The summed E-state index contributed by atoms with van der Waals surface area (Å²) >= 11 is 1.39. The number of nitrogens with one attached hydrogen (secondary N) is 1. The number of hydrogen-bond donors (Lipinski definition) is 1. The van der Waals surface area contributed by atoms with E-state index < -0.39 is 0 Å². The van der Waals surface area contributed by atoms with E-state index in [2.05, 4.69) is 10.3 Å². The van der Waals surface area contributed by atoms with Crippen molar-refractivity contribution in [3.05, 3.63) is 35.5 Å². The third-order valence-corrected chi connectivity index (χ3v) is 4.11. The van der Waals surface area contributed by atoms with E-state index in [1.54, 1.807) is 12.1 Å². The normalized spacial score (nSPS) is 15.0. The molecule has 1 fully saturated rings. The summed E-state index contributed by atoms with van der Waals surface area (Å²) in [6.07, 6.45) is 3.08. The smallest absolute Gasteiger partial charge is 0.229 e. The lowest BCUT2D eigenvalue weighted by atomic mass is 9.85. The van der Waals surface area contributed by atoms with Crippen molar-refractivity contribution >= 4 is 22.4 Å². The fraction of sp³-hybridized carbons (Fsp3) is 0.286. The first-order chi connectivity index (χ1) is 9.22. The van der Waals surface area contributed by atoms with Crippen LogP contribution in [0, 0.1) is 11.7 Å². The second kappa shape index (κ2) is 5.09. The van der Waals surface area contributed by atoms with Crippen LogP contribution in [0.4, 0.5) is 9.52 Å². The minimum Gasteiger partial charge on any atom is -0.302 e. The Balaban J connectivity index is 1.72. The highest BCUT2D eigenvalue weighted by atomic mass is 32.1. The summed E-state index contributed by atoms with van der Waals surface area (Å²) in [5, 5.41) is 5.31. The molecule has 2 aromatic rings. The number of rotatable bonds is 3. The molecule has 5 heteroatoms. The van der Waals surface area contributed by atoms with Gasteiger partial charge in [-0.2, -0.15) is 0 Å². The Morgan fingerprint density at radius 1 is 1.32 bits per heavy atom. The molecule has 1 saturated carbocycles. The molecule has 19 heavy (non-hydrogen) atoms. The average Bonchev–Trinajstić information content (AvgIpc) is 2.76. The van der Waals surface area contributed by atoms with Crippen molar-refractivity contribution in [2.24, 2.45) is 5.92 Å². The molecule has 0 unspecified atom stereocenters. The standard InChI is InChI=1S/C14H13FN2OS/c15-11-6-4-9(5-7-11)12-8-19-14(16-12)17-13(18)10-2-1-3-10/h4-8,10H,1-3H2,(H,16,17,18). The molecule has 98 valence electrons. The molecule has 1 amide bonds. The van der Waals surface area contributed by atoms with Gasteiger partial charge in [0.2, 0.25) is 5.91 Å². The van der Waals surface area contributed by atoms with Gasteiger partial charge in [0.25, 0.3) is 0 Å². The van der Waals surface area contributed by atoms with Crippen molar-refractivity contribution < 1.29 is 9.18 Å². The molecule has 0 radical (unpaired) electrons. The van der Waals surface area contributed by atoms with Crippen LogP contribution in [0.5, 0.6) is 0 Å². The zero-order valence-corrected chi connectivity index (χ0v) is 11.0. The highest BCUT2D eigenvalue weighted by molar-refractivity contribution is 7.14. The maximum absolute atomic E-state index is 12.8. The molecule has 0 saturated heterocycles. The van der Waals surface area contributed by atoms with Gasteiger partial charge in [0.1, 0.15) is 5.82 Å². The van der Waals surface area contributed by atoms with Gasteiger partial charge >= 0.3 is 0 Å². The van der Waals surface area contributed by atoms with E-state index in [1.165, 1.54) is 23.5 Å². The molecule has 0 bridgehead atoms. The molecule has 1 aromatic carbocycles. The van der Waals surface area contributed by atoms with E-state index >= 15 is 0 Å². The first kappa shape index (κ1) is 12.3. The van der Waals surface area contributed by atoms with E-state index in [1.807, 2.05) is 5.38 Å². The summed E-state index contributed by atoms with van der Waals surface area (Å²) in [7, 11) is 0. The number of benzene rings is 1. The van der Waals surface area contributed by atoms with Gasteiger partial charge < -0.3 is 5.32 Å². The summed E-state index contributed by atoms with van der Waals surface area (Å²) in [5.41, 5.74) is 1.61. The minimum absolute atomic E-state index is 0.0613. The van der Waals surface area contributed by atoms with Crippen molar-refractivity contribution in [2.75, 3.05) is 5.32 Å². The molecular weight excluding hydrogens is 263 g/mol. The second-order valence-corrected chi connectivity index (χ2v) is 5.52. The lowest BCUT2D eigenvalue weighted by Crippen LogP contribution is -2.27. The summed E-state index contributed by atoms with van der Waals surface area (Å²) in [5.74, 6) is -0.0538. The Morgan fingerprint density at radius 2 is 2.05 bits per heavy atom. The molecule has 1 aromatic heterocycles. The Hall–Kier alpha value is -1.75. The van der Waals surface area contributed by atoms with Crippen LogP contribution in [-0.4, -0.2) is 10.9 Å². The predicted octanol–water partition coefficient (Wildman–Crippen LogP) is 3.69. The molecule has 3 rings (SSSR count). The summed E-state index contributed by atoms with van der Waals surface area (Å²) < 4.78 is 12.8. The van der Waals surface area contributed by atoms with Gasteiger partial charge in [-0.05, 0) is 37.1 Å². The van der Waals surface area contributed by atoms with Gasteiger partial charge in [-0.1, -0.05) is 6.42 Å².